The average Bonchev–Trinajstić information content (AvgIpc) is 2.49. The van der Waals surface area contributed by atoms with E-state index in [0.717, 1.165) is 12.8 Å². The molecule has 2 saturated heterocycles. The molecule has 4 nitrogen and oxygen atoms in total. The summed E-state index contributed by atoms with van der Waals surface area (Å²) in [5.41, 5.74) is 5.98. The molecule has 2 heterocycles. The number of nitrogens with two attached hydrogens (primary N) is 1. The van der Waals surface area contributed by atoms with Gasteiger partial charge in [0.2, 0.25) is 0 Å². The Balaban J connectivity index is 2.07. The Morgan fingerprint density at radius 2 is 1.93 bits per heavy atom. The number of esters is 1. The predicted molar refractivity (Wildman–Crippen MR) is 57.3 cm³/mol. The number of carbonyl (C=O) groups excluding carboxylic acids is 1. The lowest BCUT2D eigenvalue weighted by atomic mass is 9.96. The van der Waals surface area contributed by atoms with Crippen LogP contribution in [0.1, 0.15) is 32.6 Å². The molecule has 0 aromatic heterocycles. The van der Waals surface area contributed by atoms with Crippen molar-refractivity contribution in [2.24, 2.45) is 5.73 Å². The highest BCUT2D eigenvalue weighted by atomic mass is 16.5. The van der Waals surface area contributed by atoms with Crippen LogP contribution in [0.25, 0.3) is 0 Å². The van der Waals surface area contributed by atoms with Crippen molar-refractivity contribution in [3.8, 4) is 0 Å². The lowest BCUT2D eigenvalue weighted by molar-refractivity contribution is -0.148. The molecule has 4 heteroatoms. The number of rotatable bonds is 2. The smallest absolute Gasteiger partial charge is 0.322 e. The SMILES string of the molecule is COC(=O)C(C)N1C2CCC1CC(N)C2. The summed E-state index contributed by atoms with van der Waals surface area (Å²) in [5, 5.41) is 0. The molecule has 0 aliphatic carbocycles. The summed E-state index contributed by atoms with van der Waals surface area (Å²) in [4.78, 5) is 13.8. The van der Waals surface area contributed by atoms with Crippen molar-refractivity contribution >= 4 is 5.97 Å². The van der Waals surface area contributed by atoms with Gasteiger partial charge in [-0.25, -0.2) is 0 Å². The second-order valence-corrected chi connectivity index (χ2v) is 4.76. The predicted octanol–water partition coefficient (Wildman–Crippen LogP) is 0.502. The summed E-state index contributed by atoms with van der Waals surface area (Å²) in [6.45, 7) is 1.94. The van der Waals surface area contributed by atoms with Gasteiger partial charge in [-0.1, -0.05) is 0 Å². The van der Waals surface area contributed by atoms with Crippen LogP contribution in [0.4, 0.5) is 0 Å². The van der Waals surface area contributed by atoms with E-state index in [1.807, 2.05) is 6.92 Å². The van der Waals surface area contributed by atoms with Gasteiger partial charge in [-0.05, 0) is 32.6 Å². The Labute approximate surface area is 90.8 Å². The van der Waals surface area contributed by atoms with Crippen molar-refractivity contribution in [3.63, 3.8) is 0 Å². The summed E-state index contributed by atoms with van der Waals surface area (Å²) < 4.78 is 4.80. The van der Waals surface area contributed by atoms with E-state index in [0.29, 0.717) is 18.1 Å². The van der Waals surface area contributed by atoms with Gasteiger partial charge in [-0.2, -0.15) is 0 Å². The van der Waals surface area contributed by atoms with Crippen molar-refractivity contribution in [1.29, 1.82) is 0 Å². The standard InChI is InChI=1S/C11H20N2O2/c1-7(11(14)15-2)13-9-3-4-10(13)6-8(12)5-9/h7-10H,3-6,12H2,1-2H3. The fourth-order valence-electron chi connectivity index (χ4n) is 3.18. The normalized spacial score (nSPS) is 37.7. The first-order valence-electron chi connectivity index (χ1n) is 5.74. The van der Waals surface area contributed by atoms with E-state index in [9.17, 15) is 4.79 Å². The summed E-state index contributed by atoms with van der Waals surface area (Å²) >= 11 is 0. The molecule has 0 aromatic carbocycles. The van der Waals surface area contributed by atoms with Gasteiger partial charge in [0.25, 0.3) is 0 Å². The second-order valence-electron chi connectivity index (χ2n) is 4.76. The van der Waals surface area contributed by atoms with Gasteiger partial charge in [-0.15, -0.1) is 0 Å². The molecule has 15 heavy (non-hydrogen) atoms. The van der Waals surface area contributed by atoms with E-state index >= 15 is 0 Å². The highest BCUT2D eigenvalue weighted by molar-refractivity contribution is 5.75. The van der Waals surface area contributed by atoms with Crippen LogP contribution in [0, 0.1) is 0 Å². The zero-order valence-electron chi connectivity index (χ0n) is 9.48. The van der Waals surface area contributed by atoms with Gasteiger partial charge in [0, 0.05) is 18.1 Å². The Morgan fingerprint density at radius 1 is 1.40 bits per heavy atom. The maximum atomic E-state index is 11.5. The minimum Gasteiger partial charge on any atom is -0.468 e. The number of carbonyl (C=O) groups is 1. The van der Waals surface area contributed by atoms with Gasteiger partial charge in [-0.3, -0.25) is 9.69 Å². The highest BCUT2D eigenvalue weighted by Gasteiger charge is 2.43. The van der Waals surface area contributed by atoms with Crippen LogP contribution >= 0.6 is 0 Å². The highest BCUT2D eigenvalue weighted by Crippen LogP contribution is 2.36. The molecule has 2 aliphatic rings. The van der Waals surface area contributed by atoms with E-state index < -0.39 is 0 Å². The molecule has 2 fully saturated rings. The van der Waals surface area contributed by atoms with Crippen LogP contribution in [0.2, 0.25) is 0 Å². The van der Waals surface area contributed by atoms with Crippen LogP contribution in [0.15, 0.2) is 0 Å². The lowest BCUT2D eigenvalue weighted by Gasteiger charge is -2.40. The van der Waals surface area contributed by atoms with E-state index in [-0.39, 0.29) is 12.0 Å². The quantitative estimate of drug-likeness (QED) is 0.677. The lowest BCUT2D eigenvalue weighted by Crippen LogP contribution is -2.53. The van der Waals surface area contributed by atoms with E-state index in [1.165, 1.54) is 20.0 Å². The molecule has 86 valence electrons. The molecule has 3 atom stereocenters. The molecule has 0 aromatic rings. The van der Waals surface area contributed by atoms with Gasteiger partial charge in [0.1, 0.15) is 6.04 Å². The fraction of sp³-hybridized carbons (Fsp3) is 0.909. The first-order valence-corrected chi connectivity index (χ1v) is 5.74. The molecule has 3 unspecified atom stereocenters. The van der Waals surface area contributed by atoms with Crippen LogP contribution < -0.4 is 5.73 Å². The molecule has 2 rings (SSSR count). The molecular formula is C11H20N2O2. The second kappa shape index (κ2) is 4.10. The summed E-state index contributed by atoms with van der Waals surface area (Å²) in [7, 11) is 1.45. The number of ether oxygens (including phenoxy) is 1. The zero-order chi connectivity index (χ0) is 11.0. The monoisotopic (exact) mass is 212 g/mol. The summed E-state index contributed by atoms with van der Waals surface area (Å²) in [5.74, 6) is -0.123. The maximum absolute atomic E-state index is 11.5. The van der Waals surface area contributed by atoms with E-state index in [2.05, 4.69) is 4.90 Å². The molecular weight excluding hydrogens is 192 g/mol. The molecule has 2 aliphatic heterocycles. The van der Waals surface area contributed by atoms with Crippen molar-refractivity contribution in [1.82, 2.24) is 4.90 Å². The van der Waals surface area contributed by atoms with Gasteiger partial charge >= 0.3 is 5.97 Å². The Kier molecular flexibility index (Phi) is 2.98. The maximum Gasteiger partial charge on any atom is 0.322 e. The van der Waals surface area contributed by atoms with Crippen LogP contribution in [0.3, 0.4) is 0 Å². The van der Waals surface area contributed by atoms with Gasteiger partial charge in [0.15, 0.2) is 0 Å². The molecule has 2 bridgehead atoms. The van der Waals surface area contributed by atoms with Crippen molar-refractivity contribution in [3.05, 3.63) is 0 Å². The largest absolute Gasteiger partial charge is 0.468 e. The first-order chi connectivity index (χ1) is 7.13. The number of fused-ring (bicyclic) bond motifs is 2. The molecule has 0 saturated carbocycles. The summed E-state index contributed by atoms with van der Waals surface area (Å²) in [6, 6.07) is 1.20. The first kappa shape index (κ1) is 10.9. The minimum absolute atomic E-state index is 0.111. The molecule has 0 spiro atoms. The number of methoxy groups -OCH3 is 1. The van der Waals surface area contributed by atoms with Crippen LogP contribution in [-0.4, -0.2) is 42.1 Å². The third kappa shape index (κ3) is 1.88. The average molecular weight is 212 g/mol. The van der Waals surface area contributed by atoms with Crippen molar-refractivity contribution in [2.45, 2.75) is 56.8 Å². The molecule has 0 radical (unpaired) electrons. The van der Waals surface area contributed by atoms with Crippen molar-refractivity contribution in [2.75, 3.05) is 7.11 Å². The topological polar surface area (TPSA) is 55.6 Å². The third-order valence-corrected chi connectivity index (χ3v) is 3.82. The Morgan fingerprint density at radius 3 is 2.40 bits per heavy atom. The molecule has 2 N–H and O–H groups in total. The Bertz CT molecular complexity index is 243. The minimum atomic E-state index is -0.123. The number of piperidine rings is 1. The fourth-order valence-corrected chi connectivity index (χ4v) is 3.18. The third-order valence-electron chi connectivity index (χ3n) is 3.82. The van der Waals surface area contributed by atoms with E-state index in [1.54, 1.807) is 0 Å². The number of hydrogen-bond donors (Lipinski definition) is 1. The zero-order valence-corrected chi connectivity index (χ0v) is 9.48. The Hall–Kier alpha value is -0.610. The molecule has 0 amide bonds. The van der Waals surface area contributed by atoms with Crippen LogP contribution in [-0.2, 0) is 9.53 Å². The van der Waals surface area contributed by atoms with E-state index in [4.69, 9.17) is 10.5 Å². The number of nitrogens with zero attached hydrogens (tertiary/aromatic N) is 1. The summed E-state index contributed by atoms with van der Waals surface area (Å²) in [6.07, 6.45) is 4.41. The van der Waals surface area contributed by atoms with Gasteiger partial charge in [0.05, 0.1) is 7.11 Å². The number of hydrogen-bond acceptors (Lipinski definition) is 4. The van der Waals surface area contributed by atoms with Crippen molar-refractivity contribution < 1.29 is 9.53 Å². The van der Waals surface area contributed by atoms with Gasteiger partial charge < -0.3 is 10.5 Å². The van der Waals surface area contributed by atoms with Crippen LogP contribution in [0.5, 0.6) is 0 Å².